The number of carbonyl (C=O) groups excluding carboxylic acids is 1. The first-order valence-electron chi connectivity index (χ1n) is 3.59. The third kappa shape index (κ3) is 2.24. The second-order valence-electron chi connectivity index (χ2n) is 2.34. The van der Waals surface area contributed by atoms with E-state index in [0.717, 1.165) is 0 Å². The van der Waals surface area contributed by atoms with Crippen LogP contribution in [0, 0.1) is 17.1 Å². The van der Waals surface area contributed by atoms with Crippen molar-refractivity contribution in [3.05, 3.63) is 41.2 Å². The van der Waals surface area contributed by atoms with Crippen LogP contribution >= 0.6 is 0 Å². The number of hydrogen-bond acceptors (Lipinski definition) is 2. The Morgan fingerprint density at radius 1 is 1.46 bits per heavy atom. The zero-order valence-electron chi connectivity index (χ0n) is 6.70. The molecular formula is C10H6FNO. The fraction of sp³-hybridized carbons (Fsp3) is 0. The van der Waals surface area contributed by atoms with Crippen LogP contribution in [0.5, 0.6) is 0 Å². The summed E-state index contributed by atoms with van der Waals surface area (Å²) in [6.45, 7) is 0. The predicted molar refractivity (Wildman–Crippen MR) is 46.2 cm³/mol. The molecule has 0 atom stereocenters. The van der Waals surface area contributed by atoms with Gasteiger partial charge in [-0.3, -0.25) is 4.79 Å². The first-order valence-corrected chi connectivity index (χ1v) is 3.59. The highest BCUT2D eigenvalue weighted by Crippen LogP contribution is 2.11. The van der Waals surface area contributed by atoms with Gasteiger partial charge in [0.15, 0.2) is 0 Å². The van der Waals surface area contributed by atoms with Crippen molar-refractivity contribution in [2.75, 3.05) is 0 Å². The van der Waals surface area contributed by atoms with Crippen molar-refractivity contribution in [2.24, 2.45) is 0 Å². The normalized spacial score (nSPS) is 9.85. The molecule has 1 aromatic carbocycles. The molecule has 0 aliphatic carbocycles. The summed E-state index contributed by atoms with van der Waals surface area (Å²) in [6.07, 6.45) is 3.19. The van der Waals surface area contributed by atoms with E-state index in [1.165, 1.54) is 30.4 Å². The Morgan fingerprint density at radius 3 is 2.85 bits per heavy atom. The number of benzene rings is 1. The van der Waals surface area contributed by atoms with Crippen LogP contribution in [0.4, 0.5) is 4.39 Å². The SMILES string of the molecule is N#Cc1ccc(F)cc1C=CC=O. The summed E-state index contributed by atoms with van der Waals surface area (Å²) in [7, 11) is 0. The number of nitrogens with zero attached hydrogens (tertiary/aromatic N) is 1. The molecular weight excluding hydrogens is 169 g/mol. The lowest BCUT2D eigenvalue weighted by Gasteiger charge is -1.95. The molecule has 3 heteroatoms. The Labute approximate surface area is 74.9 Å². The number of carbonyl (C=O) groups is 1. The fourth-order valence-corrected chi connectivity index (χ4v) is 0.916. The Balaban J connectivity index is 3.17. The molecule has 0 saturated heterocycles. The van der Waals surface area contributed by atoms with Crippen molar-refractivity contribution in [2.45, 2.75) is 0 Å². The van der Waals surface area contributed by atoms with E-state index in [9.17, 15) is 9.18 Å². The van der Waals surface area contributed by atoms with Crippen molar-refractivity contribution in [3.63, 3.8) is 0 Å². The Morgan fingerprint density at radius 2 is 2.23 bits per heavy atom. The van der Waals surface area contributed by atoms with Crippen LogP contribution in [-0.2, 0) is 4.79 Å². The molecule has 0 bridgehead atoms. The van der Waals surface area contributed by atoms with Gasteiger partial charge >= 0.3 is 0 Å². The van der Waals surface area contributed by atoms with Gasteiger partial charge in [-0.25, -0.2) is 4.39 Å². The van der Waals surface area contributed by atoms with E-state index in [0.29, 0.717) is 17.4 Å². The van der Waals surface area contributed by atoms with Crippen molar-refractivity contribution in [3.8, 4) is 6.07 Å². The summed E-state index contributed by atoms with van der Waals surface area (Å²) in [5.74, 6) is -0.426. The summed E-state index contributed by atoms with van der Waals surface area (Å²) < 4.78 is 12.7. The van der Waals surface area contributed by atoms with Gasteiger partial charge in [-0.15, -0.1) is 0 Å². The van der Waals surface area contributed by atoms with Crippen LogP contribution in [0.25, 0.3) is 6.08 Å². The standard InChI is InChI=1S/C10H6FNO/c11-10-4-3-9(7-12)8(6-10)2-1-5-13/h1-6H. The van der Waals surface area contributed by atoms with Gasteiger partial charge in [0.25, 0.3) is 0 Å². The molecule has 13 heavy (non-hydrogen) atoms. The van der Waals surface area contributed by atoms with E-state index in [-0.39, 0.29) is 0 Å². The summed E-state index contributed by atoms with van der Waals surface area (Å²) >= 11 is 0. The lowest BCUT2D eigenvalue weighted by atomic mass is 10.1. The number of rotatable bonds is 2. The highest BCUT2D eigenvalue weighted by molar-refractivity contribution is 5.75. The molecule has 0 aliphatic rings. The second-order valence-corrected chi connectivity index (χ2v) is 2.34. The first-order chi connectivity index (χ1) is 6.27. The molecule has 0 amide bonds. The van der Waals surface area contributed by atoms with E-state index >= 15 is 0 Å². The minimum absolute atomic E-state index is 0.347. The molecule has 0 heterocycles. The molecule has 0 aromatic heterocycles. The van der Waals surface area contributed by atoms with Gasteiger partial charge < -0.3 is 0 Å². The molecule has 0 saturated carbocycles. The van der Waals surface area contributed by atoms with Gasteiger partial charge in [0.1, 0.15) is 12.1 Å². The summed E-state index contributed by atoms with van der Waals surface area (Å²) in [6, 6.07) is 5.68. The average molecular weight is 175 g/mol. The van der Waals surface area contributed by atoms with E-state index < -0.39 is 5.82 Å². The van der Waals surface area contributed by atoms with Gasteiger partial charge in [-0.1, -0.05) is 6.08 Å². The molecule has 0 unspecified atom stereocenters. The lowest BCUT2D eigenvalue weighted by molar-refractivity contribution is -0.104. The smallest absolute Gasteiger partial charge is 0.142 e. The lowest BCUT2D eigenvalue weighted by Crippen LogP contribution is -1.84. The van der Waals surface area contributed by atoms with E-state index in [4.69, 9.17) is 5.26 Å². The van der Waals surface area contributed by atoms with E-state index in [2.05, 4.69) is 0 Å². The maximum absolute atomic E-state index is 12.7. The molecule has 0 fully saturated rings. The van der Waals surface area contributed by atoms with E-state index in [1.54, 1.807) is 0 Å². The number of nitriles is 1. The zero-order valence-corrected chi connectivity index (χ0v) is 6.70. The van der Waals surface area contributed by atoms with Gasteiger partial charge in [-0.2, -0.15) is 5.26 Å². The van der Waals surface area contributed by atoms with Crippen molar-refractivity contribution >= 4 is 12.4 Å². The number of aldehydes is 1. The predicted octanol–water partition coefficient (Wildman–Crippen LogP) is 1.91. The van der Waals surface area contributed by atoms with Crippen LogP contribution < -0.4 is 0 Å². The topological polar surface area (TPSA) is 40.9 Å². The number of halogens is 1. The molecule has 1 aromatic rings. The molecule has 0 N–H and O–H groups in total. The minimum Gasteiger partial charge on any atom is -0.299 e. The third-order valence-electron chi connectivity index (χ3n) is 1.49. The van der Waals surface area contributed by atoms with Crippen LogP contribution in [0.3, 0.4) is 0 Å². The van der Waals surface area contributed by atoms with Gasteiger partial charge in [0.2, 0.25) is 0 Å². The quantitative estimate of drug-likeness (QED) is 0.508. The Hall–Kier alpha value is -1.95. The molecule has 64 valence electrons. The molecule has 1 rings (SSSR count). The zero-order chi connectivity index (χ0) is 9.68. The maximum atomic E-state index is 12.7. The van der Waals surface area contributed by atoms with E-state index in [1.807, 2.05) is 6.07 Å². The monoisotopic (exact) mass is 175 g/mol. The molecule has 2 nitrogen and oxygen atoms in total. The highest BCUT2D eigenvalue weighted by atomic mass is 19.1. The number of allylic oxidation sites excluding steroid dienone is 1. The second kappa shape index (κ2) is 4.17. The highest BCUT2D eigenvalue weighted by Gasteiger charge is 1.99. The maximum Gasteiger partial charge on any atom is 0.142 e. The van der Waals surface area contributed by atoms with Gasteiger partial charge in [0, 0.05) is 0 Å². The molecule has 0 radical (unpaired) electrons. The summed E-state index contributed by atoms with van der Waals surface area (Å²) in [4.78, 5) is 10.00. The Bertz CT molecular complexity index is 390. The van der Waals surface area contributed by atoms with Gasteiger partial charge in [-0.05, 0) is 29.8 Å². The molecule has 0 aliphatic heterocycles. The summed E-state index contributed by atoms with van der Waals surface area (Å²) in [5, 5.41) is 8.61. The van der Waals surface area contributed by atoms with Crippen molar-refractivity contribution in [1.29, 1.82) is 5.26 Å². The molecule has 0 spiro atoms. The first kappa shape index (κ1) is 9.14. The fourth-order valence-electron chi connectivity index (χ4n) is 0.916. The van der Waals surface area contributed by atoms with Crippen LogP contribution in [0.2, 0.25) is 0 Å². The minimum atomic E-state index is -0.426. The average Bonchev–Trinajstić information content (AvgIpc) is 2.15. The van der Waals surface area contributed by atoms with Crippen LogP contribution in [-0.4, -0.2) is 6.29 Å². The third-order valence-corrected chi connectivity index (χ3v) is 1.49. The largest absolute Gasteiger partial charge is 0.299 e. The Kier molecular flexibility index (Phi) is 2.93. The summed E-state index contributed by atoms with van der Waals surface area (Å²) in [5.41, 5.74) is 0.758. The van der Waals surface area contributed by atoms with Gasteiger partial charge in [0.05, 0.1) is 11.6 Å². The number of hydrogen-bond donors (Lipinski definition) is 0. The van der Waals surface area contributed by atoms with Crippen molar-refractivity contribution in [1.82, 2.24) is 0 Å². The van der Waals surface area contributed by atoms with Crippen molar-refractivity contribution < 1.29 is 9.18 Å². The van der Waals surface area contributed by atoms with Crippen LogP contribution in [0.15, 0.2) is 24.3 Å². The van der Waals surface area contributed by atoms with Crippen LogP contribution in [0.1, 0.15) is 11.1 Å².